The Morgan fingerprint density at radius 2 is 1.86 bits per heavy atom. The fourth-order valence-electron chi connectivity index (χ4n) is 6.13. The van der Waals surface area contributed by atoms with E-state index in [4.69, 9.17) is 4.74 Å². The summed E-state index contributed by atoms with van der Waals surface area (Å²) in [6.07, 6.45) is 10.1. The highest BCUT2D eigenvalue weighted by Crippen LogP contribution is 2.44. The molecule has 4 heterocycles. The van der Waals surface area contributed by atoms with E-state index in [2.05, 4.69) is 27.9 Å². The van der Waals surface area contributed by atoms with Gasteiger partial charge in [0.1, 0.15) is 11.9 Å². The lowest BCUT2D eigenvalue weighted by atomic mass is 9.76. The third kappa shape index (κ3) is 4.87. The predicted octanol–water partition coefficient (Wildman–Crippen LogP) is 3.41. The number of nitrogens with one attached hydrogen (secondary N) is 3. The van der Waals surface area contributed by atoms with Crippen LogP contribution in [0, 0.1) is 11.8 Å². The summed E-state index contributed by atoms with van der Waals surface area (Å²) in [7, 11) is 0. The summed E-state index contributed by atoms with van der Waals surface area (Å²) in [6, 6.07) is 0.976. The maximum absolute atomic E-state index is 13.5. The van der Waals surface area contributed by atoms with Crippen LogP contribution < -0.4 is 16.0 Å². The Labute approximate surface area is 206 Å². The Kier molecular flexibility index (Phi) is 6.95. The van der Waals surface area contributed by atoms with Gasteiger partial charge < -0.3 is 25.6 Å². The molecule has 3 N–H and O–H groups in total. The number of hydrogen-bond donors (Lipinski definition) is 3. The van der Waals surface area contributed by atoms with Crippen molar-refractivity contribution in [1.29, 1.82) is 0 Å². The molecule has 35 heavy (non-hydrogen) atoms. The Hall–Kier alpha value is -2.68. The highest BCUT2D eigenvalue weighted by Gasteiger charge is 2.48. The van der Waals surface area contributed by atoms with Gasteiger partial charge in [-0.05, 0) is 56.8 Å². The van der Waals surface area contributed by atoms with Crippen LogP contribution in [-0.2, 0) is 19.7 Å². The van der Waals surface area contributed by atoms with Crippen molar-refractivity contribution in [3.05, 3.63) is 17.8 Å². The summed E-state index contributed by atoms with van der Waals surface area (Å²) in [4.78, 5) is 45.6. The molecule has 0 bridgehead atoms. The molecule has 1 spiro atoms. The van der Waals surface area contributed by atoms with Gasteiger partial charge in [-0.1, -0.05) is 19.8 Å². The molecule has 0 radical (unpaired) electrons. The summed E-state index contributed by atoms with van der Waals surface area (Å²) in [5, 5.41) is 8.98. The van der Waals surface area contributed by atoms with Crippen molar-refractivity contribution >= 4 is 29.4 Å². The number of likely N-dealkylation sites (tertiary alicyclic amines) is 1. The van der Waals surface area contributed by atoms with E-state index in [1.807, 2.05) is 4.90 Å². The lowest BCUT2D eigenvalue weighted by Crippen LogP contribution is -2.54. The average Bonchev–Trinajstić information content (AvgIpc) is 3.13. The zero-order valence-corrected chi connectivity index (χ0v) is 20.6. The molecule has 1 atom stereocenters. The Morgan fingerprint density at radius 3 is 2.57 bits per heavy atom. The van der Waals surface area contributed by atoms with E-state index in [0.717, 1.165) is 63.6 Å². The molecular formula is C26H37N5O4. The molecular weight excluding hydrogens is 446 g/mol. The molecule has 1 aliphatic carbocycles. The molecule has 3 fully saturated rings. The Morgan fingerprint density at radius 1 is 1.14 bits per heavy atom. The number of anilines is 2. The first kappa shape index (κ1) is 24.0. The first-order valence-corrected chi connectivity index (χ1v) is 13.2. The van der Waals surface area contributed by atoms with E-state index >= 15 is 0 Å². The smallest absolute Gasteiger partial charge is 0.318 e. The maximum atomic E-state index is 13.5. The monoisotopic (exact) mass is 483 g/mol. The number of rotatable bonds is 4. The second-order valence-corrected chi connectivity index (χ2v) is 10.7. The Bertz CT molecular complexity index is 962. The molecule has 3 aliphatic heterocycles. The number of hydrogen-bond acceptors (Lipinski definition) is 5. The van der Waals surface area contributed by atoms with Gasteiger partial charge in [0, 0.05) is 44.1 Å². The summed E-state index contributed by atoms with van der Waals surface area (Å²) in [5.74, 6) is 0.864. The lowest BCUT2D eigenvalue weighted by Gasteiger charge is -2.34. The van der Waals surface area contributed by atoms with E-state index in [1.165, 1.54) is 0 Å². The number of amides is 4. The number of aromatic nitrogens is 1. The maximum Gasteiger partial charge on any atom is 0.318 e. The van der Waals surface area contributed by atoms with Gasteiger partial charge in [0.05, 0.1) is 11.1 Å². The van der Waals surface area contributed by atoms with Crippen LogP contribution in [0.1, 0.15) is 70.3 Å². The molecule has 190 valence electrons. The number of piperidine rings is 1. The van der Waals surface area contributed by atoms with E-state index in [9.17, 15) is 14.4 Å². The molecule has 5 rings (SSSR count). The minimum Gasteiger partial charge on any atom is -0.381 e. The molecule has 4 aliphatic rings. The molecule has 1 aromatic heterocycles. The van der Waals surface area contributed by atoms with Gasteiger partial charge >= 0.3 is 6.03 Å². The minimum atomic E-state index is -0.608. The van der Waals surface area contributed by atoms with Crippen LogP contribution in [0.3, 0.4) is 0 Å². The van der Waals surface area contributed by atoms with Crippen molar-refractivity contribution in [3.8, 4) is 0 Å². The first-order valence-electron chi connectivity index (χ1n) is 13.2. The zero-order chi connectivity index (χ0) is 24.4. The summed E-state index contributed by atoms with van der Waals surface area (Å²) in [6.45, 7) is 4.81. The van der Waals surface area contributed by atoms with Gasteiger partial charge in [-0.3, -0.25) is 9.59 Å². The molecule has 1 aromatic rings. The summed E-state index contributed by atoms with van der Waals surface area (Å²) in [5.41, 5.74) is 0.981. The standard InChI is InChI=1S/C26H37N5O4/c1-17-5-7-18(8-6-17)22(30-25(34)31-11-3-2-4-12-31)23(32)29-21-15-20-19(16-27-21)26(24(33)28-20)9-13-35-14-10-26/h15-18,22H,2-14H2,1H3,(H,28,33)(H,30,34)(H,27,29,32)/t17?,18?,22-/m0/s1. The van der Waals surface area contributed by atoms with Gasteiger partial charge in [0.25, 0.3) is 0 Å². The molecule has 4 amide bonds. The fourth-order valence-corrected chi connectivity index (χ4v) is 6.13. The quantitative estimate of drug-likeness (QED) is 0.608. The normalized spacial score (nSPS) is 26.5. The van der Waals surface area contributed by atoms with Crippen molar-refractivity contribution in [2.24, 2.45) is 11.8 Å². The van der Waals surface area contributed by atoms with Crippen LogP contribution in [0.2, 0.25) is 0 Å². The lowest BCUT2D eigenvalue weighted by molar-refractivity contribution is -0.124. The second-order valence-electron chi connectivity index (χ2n) is 10.7. The van der Waals surface area contributed by atoms with E-state index < -0.39 is 11.5 Å². The van der Waals surface area contributed by atoms with Crippen LogP contribution in [0.5, 0.6) is 0 Å². The average molecular weight is 484 g/mol. The zero-order valence-electron chi connectivity index (χ0n) is 20.6. The van der Waals surface area contributed by atoms with Crippen LogP contribution in [0.4, 0.5) is 16.3 Å². The highest BCUT2D eigenvalue weighted by molar-refractivity contribution is 6.07. The minimum absolute atomic E-state index is 0.0240. The number of nitrogens with zero attached hydrogens (tertiary/aromatic N) is 2. The number of carbonyl (C=O) groups is 3. The number of carbonyl (C=O) groups excluding carboxylic acids is 3. The number of ether oxygens (including phenoxy) is 1. The first-order chi connectivity index (χ1) is 17.0. The van der Waals surface area contributed by atoms with Gasteiger partial charge in [-0.15, -0.1) is 0 Å². The topological polar surface area (TPSA) is 113 Å². The van der Waals surface area contributed by atoms with E-state index in [-0.39, 0.29) is 23.8 Å². The van der Waals surface area contributed by atoms with Crippen LogP contribution in [-0.4, -0.2) is 60.1 Å². The van der Waals surface area contributed by atoms with Crippen molar-refractivity contribution in [1.82, 2.24) is 15.2 Å². The second kappa shape index (κ2) is 10.1. The van der Waals surface area contributed by atoms with Gasteiger partial charge in [-0.25, -0.2) is 9.78 Å². The highest BCUT2D eigenvalue weighted by atomic mass is 16.5. The summed E-state index contributed by atoms with van der Waals surface area (Å²) < 4.78 is 5.47. The van der Waals surface area contributed by atoms with E-state index in [1.54, 1.807) is 12.3 Å². The summed E-state index contributed by atoms with van der Waals surface area (Å²) >= 11 is 0. The molecule has 0 aromatic carbocycles. The van der Waals surface area contributed by atoms with Crippen LogP contribution in [0.15, 0.2) is 12.3 Å². The molecule has 1 saturated carbocycles. The van der Waals surface area contributed by atoms with Crippen LogP contribution >= 0.6 is 0 Å². The Balaban J connectivity index is 1.31. The van der Waals surface area contributed by atoms with Crippen molar-refractivity contribution in [3.63, 3.8) is 0 Å². The van der Waals surface area contributed by atoms with Gasteiger partial charge in [-0.2, -0.15) is 0 Å². The number of urea groups is 1. The number of pyridine rings is 1. The molecule has 2 saturated heterocycles. The molecule has 9 nitrogen and oxygen atoms in total. The third-order valence-corrected chi connectivity index (χ3v) is 8.44. The molecule has 9 heteroatoms. The van der Waals surface area contributed by atoms with Crippen molar-refractivity contribution in [2.45, 2.75) is 76.2 Å². The van der Waals surface area contributed by atoms with E-state index in [0.29, 0.717) is 43.5 Å². The SMILES string of the molecule is CC1CCC([C@H](NC(=O)N2CCCCC2)C(=O)Nc2cc3c(cn2)C2(CCOCC2)C(=O)N3)CC1. The fraction of sp³-hybridized carbons (Fsp3) is 0.692. The number of fused-ring (bicyclic) bond motifs is 2. The van der Waals surface area contributed by atoms with Crippen LogP contribution in [0.25, 0.3) is 0 Å². The molecule has 0 unspecified atom stereocenters. The van der Waals surface area contributed by atoms with Gasteiger partial charge in [0.2, 0.25) is 11.8 Å². The largest absolute Gasteiger partial charge is 0.381 e. The van der Waals surface area contributed by atoms with Crippen molar-refractivity contribution in [2.75, 3.05) is 36.9 Å². The van der Waals surface area contributed by atoms with Crippen molar-refractivity contribution < 1.29 is 19.1 Å². The predicted molar refractivity (Wildman–Crippen MR) is 132 cm³/mol. The van der Waals surface area contributed by atoms with Gasteiger partial charge in [0.15, 0.2) is 0 Å². The third-order valence-electron chi connectivity index (χ3n) is 8.44.